The molecule has 148 valence electrons. The van der Waals surface area contributed by atoms with Crippen LogP contribution in [0.3, 0.4) is 0 Å². The van der Waals surface area contributed by atoms with E-state index in [2.05, 4.69) is 10.4 Å². The van der Waals surface area contributed by atoms with Crippen molar-refractivity contribution in [2.24, 2.45) is 0 Å². The van der Waals surface area contributed by atoms with E-state index in [1.54, 1.807) is 11.0 Å². The first-order valence-electron chi connectivity index (χ1n) is 8.92. The van der Waals surface area contributed by atoms with Gasteiger partial charge in [0.25, 0.3) is 0 Å². The number of carbonyl (C=O) groups is 1. The molecule has 0 fully saturated rings. The molecule has 1 amide bonds. The highest BCUT2D eigenvalue weighted by Gasteiger charge is 2.21. The zero-order valence-corrected chi connectivity index (χ0v) is 17.2. The molecule has 0 aliphatic carbocycles. The van der Waals surface area contributed by atoms with Crippen molar-refractivity contribution in [3.8, 4) is 22.5 Å². The number of hydrogen-bond donors (Lipinski definition) is 1. The van der Waals surface area contributed by atoms with Crippen molar-refractivity contribution in [3.05, 3.63) is 54.1 Å². The van der Waals surface area contributed by atoms with Crippen LogP contribution in [0.5, 0.6) is 0 Å². The Balaban J connectivity index is 2.17. The molecule has 1 N–H and O–H groups in total. The maximum atomic E-state index is 11.7. The quantitative estimate of drug-likeness (QED) is 0.689. The predicted molar refractivity (Wildman–Crippen MR) is 110 cm³/mol. The van der Waals surface area contributed by atoms with Crippen LogP contribution in [0.15, 0.2) is 42.7 Å². The normalized spacial score (nSPS) is 11.6. The van der Waals surface area contributed by atoms with Crippen LogP contribution in [-0.2, 0) is 21.2 Å². The second-order valence-corrected chi connectivity index (χ2v) is 9.18. The van der Waals surface area contributed by atoms with Crippen molar-refractivity contribution in [1.82, 2.24) is 14.2 Å². The molecule has 1 aromatic carbocycles. The van der Waals surface area contributed by atoms with E-state index in [0.717, 1.165) is 33.9 Å². The van der Waals surface area contributed by atoms with E-state index in [1.165, 1.54) is 13.2 Å². The summed E-state index contributed by atoms with van der Waals surface area (Å²) in [6.45, 7) is 5.59. The Hall–Kier alpha value is -2.87. The Kier molecular flexibility index (Phi) is 5.42. The van der Waals surface area contributed by atoms with Gasteiger partial charge in [0, 0.05) is 42.2 Å². The van der Waals surface area contributed by atoms with Crippen LogP contribution in [0.2, 0.25) is 0 Å². The minimum Gasteiger partial charge on any atom is -0.329 e. The second kappa shape index (κ2) is 7.63. The van der Waals surface area contributed by atoms with Crippen LogP contribution in [-0.4, -0.2) is 40.6 Å². The van der Waals surface area contributed by atoms with Gasteiger partial charge in [-0.25, -0.2) is 13.4 Å². The van der Waals surface area contributed by atoms with Gasteiger partial charge in [-0.3, -0.25) is 14.9 Å². The van der Waals surface area contributed by atoms with Gasteiger partial charge in [0.15, 0.2) is 0 Å². The van der Waals surface area contributed by atoms with Gasteiger partial charge in [-0.15, -0.1) is 0 Å². The SMILES string of the molecule is CC(=O)Nn1c(C)cc(-c2c(-c3ccccc3)ncn2CCS(C)(=O)=O)c1C. The van der Waals surface area contributed by atoms with E-state index >= 15 is 0 Å². The van der Waals surface area contributed by atoms with Crippen LogP contribution in [0, 0.1) is 13.8 Å². The van der Waals surface area contributed by atoms with Gasteiger partial charge in [0.2, 0.25) is 5.91 Å². The Labute approximate surface area is 164 Å². The van der Waals surface area contributed by atoms with Crippen LogP contribution < -0.4 is 5.43 Å². The molecule has 0 saturated carbocycles. The molecular formula is C20H24N4O3S. The standard InChI is InChI=1S/C20H24N4O3S/c1-14-12-18(15(2)24(14)22-16(3)25)20-19(17-8-6-5-7-9-17)21-13-23(20)10-11-28(4,26)27/h5-9,12-13H,10-11H2,1-4H3,(H,22,25). The number of aromatic nitrogens is 3. The summed E-state index contributed by atoms with van der Waals surface area (Å²) in [6, 6.07) is 11.7. The van der Waals surface area contributed by atoms with E-state index in [1.807, 2.05) is 54.8 Å². The molecule has 0 aliphatic rings. The summed E-state index contributed by atoms with van der Waals surface area (Å²) >= 11 is 0. The van der Waals surface area contributed by atoms with E-state index in [-0.39, 0.29) is 11.7 Å². The number of hydrogen-bond acceptors (Lipinski definition) is 4. The third kappa shape index (κ3) is 4.17. The van der Waals surface area contributed by atoms with Gasteiger partial charge in [0.1, 0.15) is 9.84 Å². The monoisotopic (exact) mass is 400 g/mol. The fourth-order valence-electron chi connectivity index (χ4n) is 3.24. The molecule has 0 aliphatic heterocycles. The molecule has 28 heavy (non-hydrogen) atoms. The first-order valence-corrected chi connectivity index (χ1v) is 11.0. The molecule has 0 radical (unpaired) electrons. The highest BCUT2D eigenvalue weighted by atomic mass is 32.2. The van der Waals surface area contributed by atoms with Gasteiger partial charge in [-0.1, -0.05) is 30.3 Å². The first-order chi connectivity index (χ1) is 13.2. The number of aryl methyl sites for hydroxylation is 2. The van der Waals surface area contributed by atoms with Crippen molar-refractivity contribution >= 4 is 15.7 Å². The molecule has 3 aromatic rings. The highest BCUT2D eigenvalue weighted by molar-refractivity contribution is 7.90. The Bertz CT molecular complexity index is 1110. The lowest BCUT2D eigenvalue weighted by molar-refractivity contribution is -0.115. The number of sulfone groups is 1. The van der Waals surface area contributed by atoms with E-state index < -0.39 is 9.84 Å². The molecule has 7 nitrogen and oxygen atoms in total. The largest absolute Gasteiger partial charge is 0.329 e. The number of nitrogens with zero attached hydrogens (tertiary/aromatic N) is 3. The average Bonchev–Trinajstić information content (AvgIpc) is 3.16. The maximum Gasteiger partial charge on any atom is 0.235 e. The van der Waals surface area contributed by atoms with Crippen molar-refractivity contribution in [3.63, 3.8) is 0 Å². The van der Waals surface area contributed by atoms with E-state index in [4.69, 9.17) is 0 Å². The minimum absolute atomic E-state index is 0.0228. The molecular weight excluding hydrogens is 376 g/mol. The van der Waals surface area contributed by atoms with Gasteiger partial charge < -0.3 is 4.57 Å². The average molecular weight is 401 g/mol. The predicted octanol–water partition coefficient (Wildman–Crippen LogP) is 2.77. The highest BCUT2D eigenvalue weighted by Crippen LogP contribution is 2.34. The number of nitrogens with one attached hydrogen (secondary N) is 1. The summed E-state index contributed by atoms with van der Waals surface area (Å²) in [7, 11) is -3.12. The van der Waals surface area contributed by atoms with Gasteiger partial charge >= 0.3 is 0 Å². The van der Waals surface area contributed by atoms with Crippen LogP contribution in [0.4, 0.5) is 0 Å². The van der Waals surface area contributed by atoms with Crippen LogP contribution in [0.1, 0.15) is 18.3 Å². The molecule has 8 heteroatoms. The van der Waals surface area contributed by atoms with Crippen molar-refractivity contribution in [1.29, 1.82) is 0 Å². The number of imidazole rings is 1. The molecule has 0 spiro atoms. The zero-order valence-electron chi connectivity index (χ0n) is 16.4. The van der Waals surface area contributed by atoms with Gasteiger partial charge in [-0.2, -0.15) is 0 Å². The van der Waals surface area contributed by atoms with Crippen LogP contribution in [0.25, 0.3) is 22.5 Å². The molecule has 2 heterocycles. The van der Waals surface area contributed by atoms with E-state index in [0.29, 0.717) is 6.54 Å². The zero-order chi connectivity index (χ0) is 20.5. The number of rotatable bonds is 6. The second-order valence-electron chi connectivity index (χ2n) is 6.92. The Morgan fingerprint density at radius 3 is 2.46 bits per heavy atom. The minimum atomic E-state index is -3.12. The lowest BCUT2D eigenvalue weighted by Crippen LogP contribution is -2.22. The summed E-state index contributed by atoms with van der Waals surface area (Å²) in [4.78, 5) is 16.1. The van der Waals surface area contributed by atoms with Crippen molar-refractivity contribution in [2.75, 3.05) is 17.4 Å². The van der Waals surface area contributed by atoms with Gasteiger partial charge in [0.05, 0.1) is 23.5 Å². The number of carbonyl (C=O) groups excluding carboxylic acids is 1. The molecule has 0 atom stereocenters. The topological polar surface area (TPSA) is 86.0 Å². The third-order valence-corrected chi connectivity index (χ3v) is 5.47. The first kappa shape index (κ1) is 19.9. The lowest BCUT2D eigenvalue weighted by atomic mass is 10.0. The molecule has 0 saturated heterocycles. The molecule has 3 rings (SSSR count). The lowest BCUT2D eigenvalue weighted by Gasteiger charge is -2.12. The van der Waals surface area contributed by atoms with Crippen LogP contribution >= 0.6 is 0 Å². The third-order valence-electron chi connectivity index (χ3n) is 4.54. The summed E-state index contributed by atoms with van der Waals surface area (Å²) in [5.41, 5.74) is 7.99. The summed E-state index contributed by atoms with van der Waals surface area (Å²) in [5.74, 6) is -0.142. The Morgan fingerprint density at radius 2 is 1.86 bits per heavy atom. The number of amides is 1. The molecule has 0 bridgehead atoms. The Morgan fingerprint density at radius 1 is 1.18 bits per heavy atom. The fraction of sp³-hybridized carbons (Fsp3) is 0.300. The van der Waals surface area contributed by atoms with Crippen molar-refractivity contribution < 1.29 is 13.2 Å². The summed E-state index contributed by atoms with van der Waals surface area (Å²) < 4.78 is 27.0. The number of benzene rings is 1. The summed E-state index contributed by atoms with van der Waals surface area (Å²) in [6.07, 6.45) is 2.90. The maximum absolute atomic E-state index is 11.7. The van der Waals surface area contributed by atoms with E-state index in [9.17, 15) is 13.2 Å². The fourth-order valence-corrected chi connectivity index (χ4v) is 3.77. The molecule has 2 aromatic heterocycles. The molecule has 0 unspecified atom stereocenters. The van der Waals surface area contributed by atoms with Crippen molar-refractivity contribution in [2.45, 2.75) is 27.3 Å². The smallest absolute Gasteiger partial charge is 0.235 e. The summed E-state index contributed by atoms with van der Waals surface area (Å²) in [5, 5.41) is 0. The van der Waals surface area contributed by atoms with Gasteiger partial charge in [-0.05, 0) is 19.9 Å².